The Bertz CT molecular complexity index is 1310. The van der Waals surface area contributed by atoms with E-state index in [2.05, 4.69) is 11.1 Å². The number of rotatable bonds is 8. The molecule has 0 unspecified atom stereocenters. The van der Waals surface area contributed by atoms with Crippen LogP contribution in [-0.4, -0.2) is 56.8 Å². The van der Waals surface area contributed by atoms with Crippen LogP contribution in [0.25, 0.3) is 10.9 Å². The number of hydroxylamine groups is 1. The number of carbonyl (C=O) groups excluding carboxylic acids is 3. The van der Waals surface area contributed by atoms with Crippen LogP contribution in [0.15, 0.2) is 48.5 Å². The highest BCUT2D eigenvalue weighted by Crippen LogP contribution is 2.42. The summed E-state index contributed by atoms with van der Waals surface area (Å²) in [4.78, 5) is 45.3. The van der Waals surface area contributed by atoms with Gasteiger partial charge in [-0.25, -0.2) is 5.48 Å². The van der Waals surface area contributed by atoms with Gasteiger partial charge in [0.15, 0.2) is 0 Å². The van der Waals surface area contributed by atoms with Gasteiger partial charge >= 0.3 is 0 Å². The van der Waals surface area contributed by atoms with Crippen LogP contribution >= 0.6 is 11.6 Å². The van der Waals surface area contributed by atoms with E-state index in [4.69, 9.17) is 16.8 Å². The first-order valence-electron chi connectivity index (χ1n) is 12.4. The van der Waals surface area contributed by atoms with Crippen LogP contribution in [0.4, 0.5) is 0 Å². The van der Waals surface area contributed by atoms with Crippen molar-refractivity contribution in [2.24, 2.45) is 0 Å². The van der Waals surface area contributed by atoms with Crippen molar-refractivity contribution in [1.29, 1.82) is 0 Å². The molecule has 36 heavy (non-hydrogen) atoms. The topological polar surface area (TPSA) is 106 Å². The molecule has 0 aliphatic carbocycles. The molecule has 3 amide bonds. The van der Waals surface area contributed by atoms with Gasteiger partial charge in [-0.3, -0.25) is 19.6 Å². The van der Waals surface area contributed by atoms with Crippen molar-refractivity contribution in [3.63, 3.8) is 0 Å². The van der Waals surface area contributed by atoms with E-state index in [0.29, 0.717) is 24.4 Å². The van der Waals surface area contributed by atoms with Crippen molar-refractivity contribution in [2.45, 2.75) is 50.6 Å². The van der Waals surface area contributed by atoms with Gasteiger partial charge in [0.05, 0.1) is 12.6 Å². The molecule has 0 saturated carbocycles. The fourth-order valence-corrected chi connectivity index (χ4v) is 5.73. The molecule has 1 aromatic heterocycles. The van der Waals surface area contributed by atoms with Gasteiger partial charge in [0.2, 0.25) is 17.7 Å². The largest absolute Gasteiger partial charge is 0.356 e. The second-order valence-electron chi connectivity index (χ2n) is 9.50. The fourth-order valence-electron chi connectivity index (χ4n) is 5.53. The van der Waals surface area contributed by atoms with Crippen LogP contribution in [-0.2, 0) is 20.8 Å². The number of hydrogen-bond donors (Lipinski definition) is 3. The van der Waals surface area contributed by atoms with Gasteiger partial charge in [-0.15, -0.1) is 0 Å². The zero-order valence-corrected chi connectivity index (χ0v) is 20.6. The summed E-state index contributed by atoms with van der Waals surface area (Å²) in [6.45, 7) is 0.554. The van der Waals surface area contributed by atoms with Gasteiger partial charge in [0.25, 0.3) is 0 Å². The predicted octanol–water partition coefficient (Wildman–Crippen LogP) is 3.96. The molecular formula is C27H29ClN4O4. The average Bonchev–Trinajstić information content (AvgIpc) is 3.25. The van der Waals surface area contributed by atoms with Crippen molar-refractivity contribution in [3.05, 3.63) is 70.4 Å². The SMILES string of the molecule is O=C(CCCCCCN1CC(=O)N2[C@@H](c3cccc(Cl)c3)c3[nH]c4ccccc4c3C[C@H]2C1=O)NO. The molecule has 1 fully saturated rings. The third-order valence-electron chi connectivity index (χ3n) is 7.21. The van der Waals surface area contributed by atoms with Crippen molar-refractivity contribution in [1.82, 2.24) is 20.3 Å². The molecule has 2 aliphatic rings. The van der Waals surface area contributed by atoms with Gasteiger partial charge in [0, 0.05) is 41.0 Å². The van der Waals surface area contributed by atoms with Gasteiger partial charge in [-0.2, -0.15) is 0 Å². The summed E-state index contributed by atoms with van der Waals surface area (Å²) in [5.74, 6) is -0.499. The maximum Gasteiger partial charge on any atom is 0.246 e. The first-order chi connectivity index (χ1) is 17.5. The van der Waals surface area contributed by atoms with Crippen LogP contribution in [0, 0.1) is 0 Å². The first kappa shape index (κ1) is 24.3. The lowest BCUT2D eigenvalue weighted by atomic mass is 9.86. The summed E-state index contributed by atoms with van der Waals surface area (Å²) in [6, 6.07) is 14.5. The quantitative estimate of drug-likeness (QED) is 0.243. The third kappa shape index (κ3) is 4.58. The maximum absolute atomic E-state index is 13.7. The molecule has 188 valence electrons. The van der Waals surface area contributed by atoms with Crippen molar-refractivity contribution in [3.8, 4) is 0 Å². The van der Waals surface area contributed by atoms with Gasteiger partial charge in [-0.1, -0.05) is 54.8 Å². The smallest absolute Gasteiger partial charge is 0.246 e. The molecule has 2 aliphatic heterocycles. The highest BCUT2D eigenvalue weighted by atomic mass is 35.5. The lowest BCUT2D eigenvalue weighted by Crippen LogP contribution is -2.63. The number of aromatic amines is 1. The predicted molar refractivity (Wildman–Crippen MR) is 136 cm³/mol. The van der Waals surface area contributed by atoms with Crippen LogP contribution in [0.5, 0.6) is 0 Å². The van der Waals surface area contributed by atoms with Gasteiger partial charge < -0.3 is 14.8 Å². The van der Waals surface area contributed by atoms with E-state index in [1.807, 2.05) is 36.4 Å². The molecule has 1 saturated heterocycles. The highest BCUT2D eigenvalue weighted by Gasteiger charge is 2.48. The summed E-state index contributed by atoms with van der Waals surface area (Å²) in [6.07, 6.45) is 3.81. The van der Waals surface area contributed by atoms with Crippen molar-refractivity contribution in [2.75, 3.05) is 13.1 Å². The second kappa shape index (κ2) is 10.3. The summed E-state index contributed by atoms with van der Waals surface area (Å²) in [5.41, 5.74) is 5.51. The number of para-hydroxylation sites is 1. The molecule has 2 aromatic carbocycles. The number of H-pyrrole nitrogens is 1. The van der Waals surface area contributed by atoms with E-state index in [-0.39, 0.29) is 24.8 Å². The number of piperazine rings is 1. The van der Waals surface area contributed by atoms with Crippen molar-refractivity contribution >= 4 is 40.2 Å². The fraction of sp³-hybridized carbons (Fsp3) is 0.370. The lowest BCUT2D eigenvalue weighted by molar-refractivity contribution is -0.158. The first-order valence-corrected chi connectivity index (χ1v) is 12.7. The second-order valence-corrected chi connectivity index (χ2v) is 9.94. The molecule has 3 aromatic rings. The molecule has 3 N–H and O–H groups in total. The number of nitrogens with zero attached hydrogens (tertiary/aromatic N) is 2. The molecule has 0 bridgehead atoms. The summed E-state index contributed by atoms with van der Waals surface area (Å²) in [7, 11) is 0. The Kier molecular flexibility index (Phi) is 6.98. The molecule has 2 atom stereocenters. The number of aromatic nitrogens is 1. The number of benzene rings is 2. The summed E-state index contributed by atoms with van der Waals surface area (Å²) >= 11 is 6.33. The number of fused-ring (bicyclic) bond motifs is 4. The molecule has 8 nitrogen and oxygen atoms in total. The Morgan fingerprint density at radius 3 is 2.69 bits per heavy atom. The van der Waals surface area contributed by atoms with E-state index in [0.717, 1.165) is 47.0 Å². The van der Waals surface area contributed by atoms with Crippen LogP contribution in [0.3, 0.4) is 0 Å². The Hall–Kier alpha value is -3.36. The number of carbonyl (C=O) groups is 3. The molecular weight excluding hydrogens is 480 g/mol. The zero-order chi connectivity index (χ0) is 25.2. The minimum Gasteiger partial charge on any atom is -0.356 e. The maximum atomic E-state index is 13.7. The molecule has 0 spiro atoms. The number of amides is 3. The molecule has 3 heterocycles. The Morgan fingerprint density at radius 2 is 1.89 bits per heavy atom. The molecule has 0 radical (unpaired) electrons. The summed E-state index contributed by atoms with van der Waals surface area (Å²) in [5, 5.41) is 10.2. The molecule has 5 rings (SSSR count). The Labute approximate surface area is 214 Å². The summed E-state index contributed by atoms with van der Waals surface area (Å²) < 4.78 is 0. The van der Waals surface area contributed by atoms with E-state index in [1.54, 1.807) is 21.3 Å². The zero-order valence-electron chi connectivity index (χ0n) is 19.9. The number of hydrogen-bond acceptors (Lipinski definition) is 4. The molecule has 9 heteroatoms. The van der Waals surface area contributed by atoms with E-state index in [1.165, 1.54) is 0 Å². The van der Waals surface area contributed by atoms with Crippen LogP contribution < -0.4 is 5.48 Å². The van der Waals surface area contributed by atoms with Crippen molar-refractivity contribution < 1.29 is 19.6 Å². The highest BCUT2D eigenvalue weighted by molar-refractivity contribution is 6.30. The number of halogens is 1. The van der Waals surface area contributed by atoms with Gasteiger partial charge in [0.1, 0.15) is 6.04 Å². The van der Waals surface area contributed by atoms with E-state index < -0.39 is 18.0 Å². The Morgan fingerprint density at radius 1 is 1.08 bits per heavy atom. The standard InChI is InChI=1S/C27H29ClN4O4/c28-18-9-7-8-17(14-18)26-25-20(19-10-4-5-11-21(19)29-25)15-22-27(35)31(16-24(34)32(22)26)13-6-2-1-3-12-23(33)30-36/h4-5,7-11,14,22,26,29,36H,1-3,6,12-13,15-16H2,(H,30,33)/t22-,26-/m0/s1. The van der Waals surface area contributed by atoms with E-state index in [9.17, 15) is 14.4 Å². The third-order valence-corrected chi connectivity index (χ3v) is 7.45. The number of nitrogens with one attached hydrogen (secondary N) is 2. The minimum absolute atomic E-state index is 0.0304. The minimum atomic E-state index is -0.574. The normalized spacial score (nSPS) is 19.4. The van der Waals surface area contributed by atoms with Crippen LogP contribution in [0.1, 0.15) is 55.0 Å². The Balaban J connectivity index is 1.39. The van der Waals surface area contributed by atoms with Gasteiger partial charge in [-0.05, 0) is 42.2 Å². The van der Waals surface area contributed by atoms with Crippen LogP contribution in [0.2, 0.25) is 5.02 Å². The average molecular weight is 509 g/mol. The van der Waals surface area contributed by atoms with E-state index >= 15 is 0 Å². The lowest BCUT2D eigenvalue weighted by Gasteiger charge is -2.47. The monoisotopic (exact) mass is 508 g/mol. The number of unbranched alkanes of at least 4 members (excludes halogenated alkanes) is 3.